The van der Waals surface area contributed by atoms with Crippen molar-refractivity contribution >= 4 is 17.5 Å². The van der Waals surface area contributed by atoms with Gasteiger partial charge in [-0.15, -0.1) is 5.10 Å². The van der Waals surface area contributed by atoms with Crippen molar-refractivity contribution < 1.29 is 0 Å². The van der Waals surface area contributed by atoms with E-state index in [9.17, 15) is 0 Å². The van der Waals surface area contributed by atoms with Crippen LogP contribution in [0.15, 0.2) is 55.0 Å². The molecule has 26 heavy (non-hydrogen) atoms. The van der Waals surface area contributed by atoms with Gasteiger partial charge in [0.05, 0.1) is 6.20 Å². The van der Waals surface area contributed by atoms with E-state index in [0.717, 1.165) is 18.7 Å². The van der Waals surface area contributed by atoms with Crippen molar-refractivity contribution in [1.29, 1.82) is 0 Å². The monoisotopic (exact) mass is 348 g/mol. The third kappa shape index (κ3) is 4.75. The van der Waals surface area contributed by atoms with Gasteiger partial charge in [0.15, 0.2) is 5.82 Å². The fourth-order valence-electron chi connectivity index (χ4n) is 2.56. The number of pyridine rings is 1. The third-order valence-electron chi connectivity index (χ3n) is 4.22. The molecule has 0 unspecified atom stereocenters. The average molecular weight is 348 g/mol. The van der Waals surface area contributed by atoms with Crippen LogP contribution in [0, 0.1) is 0 Å². The lowest BCUT2D eigenvalue weighted by atomic mass is 10.0. The number of aromatic nitrogens is 4. The quantitative estimate of drug-likeness (QED) is 0.700. The molecular weight excluding hydrogens is 324 g/mol. The van der Waals surface area contributed by atoms with Gasteiger partial charge in [0.25, 0.3) is 0 Å². The number of rotatable bonds is 7. The van der Waals surface area contributed by atoms with Crippen LogP contribution in [0.1, 0.15) is 30.9 Å². The zero-order valence-electron chi connectivity index (χ0n) is 15.4. The lowest BCUT2D eigenvalue weighted by molar-refractivity contribution is 0.812. The van der Waals surface area contributed by atoms with E-state index < -0.39 is 0 Å². The van der Waals surface area contributed by atoms with E-state index in [-0.39, 0.29) is 0 Å². The maximum atomic E-state index is 4.57. The Morgan fingerprint density at radius 3 is 2.46 bits per heavy atom. The fraction of sp³-hybridized carbons (Fsp3) is 0.300. The van der Waals surface area contributed by atoms with Crippen LogP contribution < -0.4 is 10.2 Å². The molecule has 1 aromatic carbocycles. The molecule has 6 nitrogen and oxygen atoms in total. The van der Waals surface area contributed by atoms with Gasteiger partial charge in [-0.3, -0.25) is 4.98 Å². The van der Waals surface area contributed by atoms with E-state index in [1.165, 1.54) is 11.1 Å². The van der Waals surface area contributed by atoms with Gasteiger partial charge in [-0.05, 0) is 47.7 Å². The minimum absolute atomic E-state index is 0.519. The van der Waals surface area contributed by atoms with E-state index in [4.69, 9.17) is 0 Å². The van der Waals surface area contributed by atoms with E-state index in [2.05, 4.69) is 63.6 Å². The Morgan fingerprint density at radius 1 is 1.04 bits per heavy atom. The second-order valence-corrected chi connectivity index (χ2v) is 6.57. The second-order valence-electron chi connectivity index (χ2n) is 6.57. The Balaban J connectivity index is 1.63. The van der Waals surface area contributed by atoms with Gasteiger partial charge >= 0.3 is 0 Å². The number of benzene rings is 1. The summed E-state index contributed by atoms with van der Waals surface area (Å²) in [7, 11) is 1.97. The second kappa shape index (κ2) is 8.38. The van der Waals surface area contributed by atoms with Gasteiger partial charge in [0.1, 0.15) is 0 Å². The third-order valence-corrected chi connectivity index (χ3v) is 4.22. The Bertz CT molecular complexity index is 817. The van der Waals surface area contributed by atoms with Crippen molar-refractivity contribution in [1.82, 2.24) is 20.2 Å². The van der Waals surface area contributed by atoms with E-state index in [0.29, 0.717) is 17.7 Å². The first-order chi connectivity index (χ1) is 12.6. The van der Waals surface area contributed by atoms with Crippen LogP contribution in [0.2, 0.25) is 0 Å². The molecule has 3 rings (SSSR count). The minimum Gasteiger partial charge on any atom is -0.342 e. The summed E-state index contributed by atoms with van der Waals surface area (Å²) in [4.78, 5) is 10.6. The minimum atomic E-state index is 0.519. The van der Waals surface area contributed by atoms with Gasteiger partial charge in [0, 0.05) is 31.7 Å². The van der Waals surface area contributed by atoms with Crippen molar-refractivity contribution in [3.05, 3.63) is 66.1 Å². The lowest BCUT2D eigenvalue weighted by Crippen LogP contribution is -2.23. The molecule has 0 aliphatic rings. The molecule has 0 fully saturated rings. The normalized spacial score (nSPS) is 10.8. The van der Waals surface area contributed by atoms with E-state index in [1.807, 2.05) is 36.5 Å². The molecule has 0 spiro atoms. The summed E-state index contributed by atoms with van der Waals surface area (Å²) in [5.41, 5.74) is 3.53. The first-order valence-corrected chi connectivity index (χ1v) is 8.78. The van der Waals surface area contributed by atoms with Gasteiger partial charge in [-0.1, -0.05) is 26.0 Å². The largest absolute Gasteiger partial charge is 0.342 e. The number of nitrogens with zero attached hydrogens (tertiary/aromatic N) is 5. The number of hydrogen-bond acceptors (Lipinski definition) is 6. The van der Waals surface area contributed by atoms with E-state index >= 15 is 0 Å². The standard InChI is InChI=1S/C20H24N6/c1-15(2)17-4-6-18(7-5-17)23-19-14-22-25-20(24-19)26(3)13-10-16-8-11-21-12-9-16/h4-9,11-12,14-15H,10,13H2,1-3H3,(H,23,24,25). The molecule has 2 heterocycles. The van der Waals surface area contributed by atoms with Crippen molar-refractivity contribution in [3.63, 3.8) is 0 Å². The van der Waals surface area contributed by atoms with Crippen molar-refractivity contribution in [2.75, 3.05) is 23.8 Å². The molecule has 6 heteroatoms. The predicted molar refractivity (Wildman–Crippen MR) is 105 cm³/mol. The highest BCUT2D eigenvalue weighted by Crippen LogP contribution is 2.20. The van der Waals surface area contributed by atoms with Crippen molar-refractivity contribution in [3.8, 4) is 0 Å². The van der Waals surface area contributed by atoms with Gasteiger partial charge in [0.2, 0.25) is 5.95 Å². The molecule has 0 amide bonds. The zero-order valence-corrected chi connectivity index (χ0v) is 15.4. The molecule has 3 aromatic rings. The Hall–Kier alpha value is -3.02. The molecule has 0 bridgehead atoms. The molecule has 134 valence electrons. The molecule has 0 saturated heterocycles. The van der Waals surface area contributed by atoms with Crippen molar-refractivity contribution in [2.45, 2.75) is 26.2 Å². The molecule has 2 aromatic heterocycles. The molecule has 0 atom stereocenters. The Labute approximate surface area is 154 Å². The summed E-state index contributed by atoms with van der Waals surface area (Å²) in [5, 5.41) is 11.5. The van der Waals surface area contributed by atoms with E-state index in [1.54, 1.807) is 6.20 Å². The molecule has 0 aliphatic heterocycles. The van der Waals surface area contributed by atoms with Crippen LogP contribution in [-0.2, 0) is 6.42 Å². The van der Waals surface area contributed by atoms with Crippen LogP contribution in [0.4, 0.5) is 17.5 Å². The first kappa shape index (κ1) is 17.8. The highest BCUT2D eigenvalue weighted by Gasteiger charge is 2.07. The molecule has 0 aliphatic carbocycles. The highest BCUT2D eigenvalue weighted by molar-refractivity contribution is 5.56. The fourth-order valence-corrected chi connectivity index (χ4v) is 2.56. The van der Waals surface area contributed by atoms with Crippen LogP contribution in [0.25, 0.3) is 0 Å². The molecule has 0 radical (unpaired) electrons. The summed E-state index contributed by atoms with van der Waals surface area (Å²) in [5.74, 6) is 1.80. The summed E-state index contributed by atoms with van der Waals surface area (Å²) < 4.78 is 0. The van der Waals surface area contributed by atoms with Crippen molar-refractivity contribution in [2.24, 2.45) is 0 Å². The van der Waals surface area contributed by atoms with Crippen LogP contribution in [0.3, 0.4) is 0 Å². The summed E-state index contributed by atoms with van der Waals surface area (Å²) in [6, 6.07) is 12.4. The van der Waals surface area contributed by atoms with Crippen LogP contribution >= 0.6 is 0 Å². The Kier molecular flexibility index (Phi) is 5.73. The SMILES string of the molecule is CC(C)c1ccc(Nc2cnnc(N(C)CCc3ccncc3)n2)cc1. The number of hydrogen-bond donors (Lipinski definition) is 1. The maximum absolute atomic E-state index is 4.57. The van der Waals surface area contributed by atoms with Gasteiger partial charge in [-0.25, -0.2) is 0 Å². The maximum Gasteiger partial charge on any atom is 0.247 e. The number of likely N-dealkylation sites (N-methyl/N-ethyl adjacent to an activating group) is 1. The summed E-state index contributed by atoms with van der Waals surface area (Å²) in [6.45, 7) is 5.17. The molecule has 1 N–H and O–H groups in total. The highest BCUT2D eigenvalue weighted by atomic mass is 15.3. The topological polar surface area (TPSA) is 66.8 Å². The summed E-state index contributed by atoms with van der Waals surface area (Å²) >= 11 is 0. The molecular formula is C20H24N6. The predicted octanol–water partition coefficient (Wildman–Crippen LogP) is 3.81. The number of nitrogens with one attached hydrogen (secondary N) is 1. The molecule has 0 saturated carbocycles. The first-order valence-electron chi connectivity index (χ1n) is 8.78. The average Bonchev–Trinajstić information content (AvgIpc) is 2.67. The summed E-state index contributed by atoms with van der Waals surface area (Å²) in [6.07, 6.45) is 6.15. The zero-order chi connectivity index (χ0) is 18.4. The smallest absolute Gasteiger partial charge is 0.247 e. The van der Waals surface area contributed by atoms with Gasteiger partial charge < -0.3 is 10.2 Å². The lowest BCUT2D eigenvalue weighted by Gasteiger charge is -2.17. The van der Waals surface area contributed by atoms with Crippen LogP contribution in [0.5, 0.6) is 0 Å². The van der Waals surface area contributed by atoms with Gasteiger partial charge in [-0.2, -0.15) is 10.1 Å². The Morgan fingerprint density at radius 2 is 1.77 bits per heavy atom. The van der Waals surface area contributed by atoms with Crippen LogP contribution in [-0.4, -0.2) is 33.8 Å². The number of anilines is 3.